The van der Waals surface area contributed by atoms with Crippen LogP contribution in [0.5, 0.6) is 11.5 Å². The van der Waals surface area contributed by atoms with Crippen LogP contribution in [0, 0.1) is 10.1 Å². The maximum absolute atomic E-state index is 11.8. The van der Waals surface area contributed by atoms with E-state index in [1.54, 1.807) is 42.5 Å². The lowest BCUT2D eigenvalue weighted by Gasteiger charge is -2.22. The van der Waals surface area contributed by atoms with E-state index in [0.29, 0.717) is 24.5 Å². The minimum Gasteiger partial charge on any atom is -0.493 e. The number of nitro groups is 1. The van der Waals surface area contributed by atoms with Crippen molar-refractivity contribution in [3.63, 3.8) is 0 Å². The number of hydrogen-bond donors (Lipinski definition) is 0. The number of hydrogen-bond acceptors (Lipinski definition) is 7. The van der Waals surface area contributed by atoms with Gasteiger partial charge in [0, 0.05) is 25.1 Å². The van der Waals surface area contributed by atoms with Gasteiger partial charge in [0.15, 0.2) is 11.5 Å². The summed E-state index contributed by atoms with van der Waals surface area (Å²) in [4.78, 5) is 22.1. The number of carbonyl (C=O) groups is 1. The molecule has 8 nitrogen and oxygen atoms in total. The van der Waals surface area contributed by atoms with E-state index in [1.165, 1.54) is 19.2 Å². The zero-order valence-corrected chi connectivity index (χ0v) is 15.0. The molecule has 3 rings (SSSR count). The number of rotatable bonds is 7. The lowest BCUT2D eigenvalue weighted by Crippen LogP contribution is -2.22. The van der Waals surface area contributed by atoms with Crippen LogP contribution in [0.3, 0.4) is 0 Å². The summed E-state index contributed by atoms with van der Waals surface area (Å²) in [6.45, 7) is 0.573. The van der Waals surface area contributed by atoms with Crippen LogP contribution in [-0.4, -0.2) is 42.7 Å². The predicted molar refractivity (Wildman–Crippen MR) is 99.3 cm³/mol. The highest BCUT2D eigenvalue weighted by Crippen LogP contribution is 2.32. The third kappa shape index (κ3) is 3.74. The molecule has 0 fully saturated rings. The Balaban J connectivity index is 1.85. The van der Waals surface area contributed by atoms with Crippen LogP contribution in [0.25, 0.3) is 0 Å². The van der Waals surface area contributed by atoms with Crippen LogP contribution in [0.15, 0.2) is 47.6 Å². The molecule has 140 valence electrons. The molecular weight excluding hydrogens is 350 g/mol. The molecule has 0 N–H and O–H groups in total. The van der Waals surface area contributed by atoms with E-state index in [0.717, 1.165) is 23.1 Å². The first-order valence-electron chi connectivity index (χ1n) is 8.33. The molecule has 2 aromatic carbocycles. The standard InChI is InChI=1S/C19H19N3O5/c1-26-18-8-5-14(11-19(18)27-2)17(12-23)21-10-9-16(20-21)13-3-6-15(7-4-13)22(24)25/h3-8,11-12,17H,9-10H2,1-2H3. The van der Waals surface area contributed by atoms with Gasteiger partial charge in [0.05, 0.1) is 24.9 Å². The van der Waals surface area contributed by atoms with E-state index >= 15 is 0 Å². The lowest BCUT2D eigenvalue weighted by atomic mass is 10.1. The van der Waals surface area contributed by atoms with Crippen LogP contribution in [-0.2, 0) is 4.79 Å². The number of carbonyl (C=O) groups excluding carboxylic acids is 1. The SMILES string of the molecule is COc1ccc(C(C=O)N2CCC(c3ccc([N+](=O)[O-])cc3)=N2)cc1OC. The molecule has 0 bridgehead atoms. The number of nitro benzene ring substituents is 1. The average molecular weight is 369 g/mol. The second-order valence-electron chi connectivity index (χ2n) is 5.96. The van der Waals surface area contributed by atoms with E-state index in [2.05, 4.69) is 5.10 Å². The van der Waals surface area contributed by atoms with Gasteiger partial charge in [0.25, 0.3) is 5.69 Å². The molecule has 1 aliphatic rings. The van der Waals surface area contributed by atoms with Gasteiger partial charge in [-0.2, -0.15) is 5.10 Å². The summed E-state index contributed by atoms with van der Waals surface area (Å²) in [7, 11) is 3.09. The molecule has 0 amide bonds. The smallest absolute Gasteiger partial charge is 0.269 e. The van der Waals surface area contributed by atoms with Crippen molar-refractivity contribution in [3.05, 3.63) is 63.7 Å². The fraction of sp³-hybridized carbons (Fsp3) is 0.263. The van der Waals surface area contributed by atoms with Crippen LogP contribution in [0.1, 0.15) is 23.6 Å². The number of nitrogens with zero attached hydrogens (tertiary/aromatic N) is 3. The first kappa shape index (κ1) is 18.4. The third-order valence-electron chi connectivity index (χ3n) is 4.44. The van der Waals surface area contributed by atoms with Crippen molar-refractivity contribution in [1.82, 2.24) is 5.01 Å². The fourth-order valence-electron chi connectivity index (χ4n) is 3.01. The Morgan fingerprint density at radius 3 is 2.44 bits per heavy atom. The maximum Gasteiger partial charge on any atom is 0.269 e. The minimum atomic E-state index is -0.555. The quantitative estimate of drug-likeness (QED) is 0.423. The van der Waals surface area contributed by atoms with E-state index < -0.39 is 11.0 Å². The first-order valence-corrected chi connectivity index (χ1v) is 8.33. The normalized spacial score (nSPS) is 14.4. The van der Waals surface area contributed by atoms with Gasteiger partial charge in [0.2, 0.25) is 0 Å². The molecule has 1 atom stereocenters. The molecule has 1 heterocycles. The summed E-state index contributed by atoms with van der Waals surface area (Å²) in [6, 6.07) is 11.0. The summed E-state index contributed by atoms with van der Waals surface area (Å²) < 4.78 is 10.5. The minimum absolute atomic E-state index is 0.0327. The number of hydrazone groups is 1. The maximum atomic E-state index is 11.8. The monoisotopic (exact) mass is 369 g/mol. The van der Waals surface area contributed by atoms with Crippen molar-refractivity contribution in [1.29, 1.82) is 0 Å². The number of benzene rings is 2. The third-order valence-corrected chi connectivity index (χ3v) is 4.44. The number of non-ortho nitro benzene ring substituents is 1. The Bertz CT molecular complexity index is 879. The van der Waals surface area contributed by atoms with Crippen LogP contribution in [0.4, 0.5) is 5.69 Å². The molecule has 8 heteroatoms. The molecule has 0 radical (unpaired) electrons. The van der Waals surface area contributed by atoms with E-state index in [1.807, 2.05) is 0 Å². The Morgan fingerprint density at radius 2 is 1.85 bits per heavy atom. The first-order chi connectivity index (χ1) is 13.1. The van der Waals surface area contributed by atoms with Gasteiger partial charge in [-0.15, -0.1) is 0 Å². The van der Waals surface area contributed by atoms with Gasteiger partial charge in [-0.3, -0.25) is 15.1 Å². The molecule has 1 aliphatic heterocycles. The Morgan fingerprint density at radius 1 is 1.15 bits per heavy atom. The van der Waals surface area contributed by atoms with Gasteiger partial charge in [-0.05, 0) is 35.4 Å². The van der Waals surface area contributed by atoms with Crippen molar-refractivity contribution in [2.75, 3.05) is 20.8 Å². The fourth-order valence-corrected chi connectivity index (χ4v) is 3.01. The van der Waals surface area contributed by atoms with Crippen molar-refractivity contribution < 1.29 is 19.2 Å². The zero-order chi connectivity index (χ0) is 19.4. The number of ether oxygens (including phenoxy) is 2. The molecule has 0 aliphatic carbocycles. The molecule has 0 saturated carbocycles. The van der Waals surface area contributed by atoms with Crippen molar-refractivity contribution in [2.24, 2.45) is 5.10 Å². The number of methoxy groups -OCH3 is 2. The molecule has 1 unspecified atom stereocenters. The van der Waals surface area contributed by atoms with Crippen LogP contribution in [0.2, 0.25) is 0 Å². The topological polar surface area (TPSA) is 94.3 Å². The van der Waals surface area contributed by atoms with Crippen molar-refractivity contribution in [3.8, 4) is 11.5 Å². The van der Waals surface area contributed by atoms with E-state index in [4.69, 9.17) is 9.47 Å². The van der Waals surface area contributed by atoms with Crippen LogP contribution < -0.4 is 9.47 Å². The summed E-state index contributed by atoms with van der Waals surface area (Å²) >= 11 is 0. The molecule has 2 aromatic rings. The average Bonchev–Trinajstić information content (AvgIpc) is 3.18. The highest BCUT2D eigenvalue weighted by atomic mass is 16.6. The summed E-state index contributed by atoms with van der Waals surface area (Å²) in [5.41, 5.74) is 2.37. The van der Waals surface area contributed by atoms with E-state index in [-0.39, 0.29) is 5.69 Å². The summed E-state index contributed by atoms with van der Waals surface area (Å²) in [5, 5.41) is 17.0. The van der Waals surface area contributed by atoms with Gasteiger partial charge in [0.1, 0.15) is 12.3 Å². The van der Waals surface area contributed by atoms with Crippen molar-refractivity contribution >= 4 is 17.7 Å². The summed E-state index contributed by atoms with van der Waals surface area (Å²) in [6.07, 6.45) is 1.49. The van der Waals surface area contributed by atoms with Gasteiger partial charge in [-0.1, -0.05) is 6.07 Å². The highest BCUT2D eigenvalue weighted by Gasteiger charge is 2.25. The summed E-state index contributed by atoms with van der Waals surface area (Å²) in [5.74, 6) is 1.13. The largest absolute Gasteiger partial charge is 0.493 e. The molecular formula is C19H19N3O5. The molecule has 0 spiro atoms. The van der Waals surface area contributed by atoms with Gasteiger partial charge in [-0.25, -0.2) is 0 Å². The highest BCUT2D eigenvalue weighted by molar-refractivity contribution is 6.01. The molecule has 0 aromatic heterocycles. The number of aldehydes is 1. The second-order valence-corrected chi connectivity index (χ2v) is 5.96. The molecule has 0 saturated heterocycles. The predicted octanol–water partition coefficient (Wildman–Crippen LogP) is 2.96. The van der Waals surface area contributed by atoms with E-state index in [9.17, 15) is 14.9 Å². The second kappa shape index (κ2) is 7.86. The van der Waals surface area contributed by atoms with Gasteiger partial charge >= 0.3 is 0 Å². The Kier molecular flexibility index (Phi) is 5.35. The van der Waals surface area contributed by atoms with Crippen LogP contribution >= 0.6 is 0 Å². The van der Waals surface area contributed by atoms with Crippen molar-refractivity contribution in [2.45, 2.75) is 12.5 Å². The lowest BCUT2D eigenvalue weighted by molar-refractivity contribution is -0.384. The van der Waals surface area contributed by atoms with Gasteiger partial charge < -0.3 is 14.3 Å². The Labute approximate surface area is 156 Å². The Hall–Kier alpha value is -3.42. The zero-order valence-electron chi connectivity index (χ0n) is 15.0. The molecule has 27 heavy (non-hydrogen) atoms.